The van der Waals surface area contributed by atoms with Gasteiger partial charge in [0.25, 0.3) is 11.5 Å². The monoisotopic (exact) mass is 310 g/mol. The Morgan fingerprint density at radius 3 is 2.48 bits per heavy atom. The molecule has 0 bridgehead atoms. The van der Waals surface area contributed by atoms with Gasteiger partial charge in [-0.2, -0.15) is 10.4 Å². The number of nitriles is 1. The molecule has 1 aromatic heterocycles. The van der Waals surface area contributed by atoms with Gasteiger partial charge in [0.1, 0.15) is 5.69 Å². The summed E-state index contributed by atoms with van der Waals surface area (Å²) in [6.45, 7) is 4.31. The number of benzene rings is 1. The summed E-state index contributed by atoms with van der Waals surface area (Å²) >= 11 is 0. The van der Waals surface area contributed by atoms with Crippen LogP contribution in [0.15, 0.2) is 41.2 Å². The van der Waals surface area contributed by atoms with Crippen LogP contribution in [0.5, 0.6) is 0 Å². The number of aromatic nitrogens is 2. The number of hydrogen-bond acceptors (Lipinski definition) is 4. The minimum Gasteiger partial charge on any atom is -0.331 e. The molecule has 118 valence electrons. The maximum Gasteiger partial charge on any atom is 0.274 e. The fraction of sp³-hybridized carbons (Fsp3) is 0.294. The van der Waals surface area contributed by atoms with E-state index in [1.807, 2.05) is 26.0 Å². The van der Waals surface area contributed by atoms with Crippen molar-refractivity contribution in [2.75, 3.05) is 6.54 Å². The summed E-state index contributed by atoms with van der Waals surface area (Å²) in [5, 5.41) is 12.9. The van der Waals surface area contributed by atoms with E-state index in [9.17, 15) is 9.59 Å². The first-order valence-corrected chi connectivity index (χ1v) is 7.33. The first-order chi connectivity index (χ1) is 11.0. The highest BCUT2D eigenvalue weighted by Gasteiger charge is 2.22. The molecule has 0 radical (unpaired) electrons. The zero-order valence-electron chi connectivity index (χ0n) is 13.4. The van der Waals surface area contributed by atoms with E-state index in [0.29, 0.717) is 12.1 Å². The molecule has 0 spiro atoms. The van der Waals surface area contributed by atoms with Crippen molar-refractivity contribution in [3.8, 4) is 6.07 Å². The van der Waals surface area contributed by atoms with Gasteiger partial charge in [-0.25, -0.2) is 4.68 Å². The topological polar surface area (TPSA) is 79.0 Å². The second-order valence-electron chi connectivity index (χ2n) is 5.18. The van der Waals surface area contributed by atoms with Crippen LogP contribution in [0.4, 0.5) is 0 Å². The van der Waals surface area contributed by atoms with E-state index in [2.05, 4.69) is 11.2 Å². The summed E-state index contributed by atoms with van der Waals surface area (Å²) in [6, 6.07) is 11.8. The molecule has 23 heavy (non-hydrogen) atoms. The molecule has 0 aliphatic heterocycles. The lowest BCUT2D eigenvalue weighted by molar-refractivity contribution is 0.0693. The van der Waals surface area contributed by atoms with Crippen molar-refractivity contribution in [3.05, 3.63) is 63.6 Å². The lowest BCUT2D eigenvalue weighted by Crippen LogP contribution is -2.35. The predicted molar refractivity (Wildman–Crippen MR) is 85.8 cm³/mol. The zero-order valence-corrected chi connectivity index (χ0v) is 13.4. The molecule has 0 saturated carbocycles. The largest absolute Gasteiger partial charge is 0.331 e. The van der Waals surface area contributed by atoms with Crippen molar-refractivity contribution < 1.29 is 4.79 Å². The van der Waals surface area contributed by atoms with Gasteiger partial charge in [0, 0.05) is 19.7 Å². The maximum atomic E-state index is 12.7. The summed E-state index contributed by atoms with van der Waals surface area (Å²) in [7, 11) is 1.51. The minimum absolute atomic E-state index is 0.167. The summed E-state index contributed by atoms with van der Waals surface area (Å²) in [5.41, 5.74) is 1.48. The van der Waals surface area contributed by atoms with Gasteiger partial charge in [0.05, 0.1) is 17.7 Å². The Morgan fingerprint density at radius 2 is 1.96 bits per heavy atom. The number of rotatable bonds is 4. The van der Waals surface area contributed by atoms with Crippen LogP contribution in [-0.2, 0) is 7.05 Å². The zero-order chi connectivity index (χ0) is 17.0. The van der Waals surface area contributed by atoms with E-state index in [0.717, 1.165) is 10.2 Å². The Balaban J connectivity index is 2.29. The molecular formula is C17H18N4O2. The fourth-order valence-corrected chi connectivity index (χ4v) is 2.37. The number of hydrogen-bond donors (Lipinski definition) is 0. The molecular weight excluding hydrogens is 292 g/mol. The highest BCUT2D eigenvalue weighted by atomic mass is 16.2. The van der Waals surface area contributed by atoms with Gasteiger partial charge in [-0.1, -0.05) is 12.1 Å². The maximum absolute atomic E-state index is 12.7. The van der Waals surface area contributed by atoms with Crippen LogP contribution in [0.25, 0.3) is 0 Å². The quantitative estimate of drug-likeness (QED) is 0.863. The summed E-state index contributed by atoms with van der Waals surface area (Å²) in [5.74, 6) is -0.236. The third kappa shape index (κ3) is 3.46. The number of amides is 1. The SMILES string of the molecule is CCN(C(=O)c1ccc(=O)n(C)n1)C(C)c1ccc(C#N)cc1. The van der Waals surface area contributed by atoms with E-state index in [1.165, 1.54) is 19.2 Å². The summed E-state index contributed by atoms with van der Waals surface area (Å²) < 4.78 is 1.15. The number of aryl methyl sites for hydroxylation is 1. The predicted octanol–water partition coefficient (Wildman–Crippen LogP) is 1.88. The van der Waals surface area contributed by atoms with Crippen molar-refractivity contribution in [3.63, 3.8) is 0 Å². The van der Waals surface area contributed by atoms with Crippen LogP contribution in [0, 0.1) is 11.3 Å². The van der Waals surface area contributed by atoms with Gasteiger partial charge in [-0.3, -0.25) is 9.59 Å². The molecule has 0 fully saturated rings. The highest BCUT2D eigenvalue weighted by Crippen LogP contribution is 2.22. The van der Waals surface area contributed by atoms with E-state index >= 15 is 0 Å². The van der Waals surface area contributed by atoms with E-state index in [-0.39, 0.29) is 23.2 Å². The van der Waals surface area contributed by atoms with Gasteiger partial charge < -0.3 is 4.90 Å². The third-order valence-electron chi connectivity index (χ3n) is 3.77. The molecule has 2 rings (SSSR count). The van der Waals surface area contributed by atoms with Crippen LogP contribution in [0.2, 0.25) is 0 Å². The molecule has 0 saturated heterocycles. The molecule has 6 nitrogen and oxygen atoms in total. The molecule has 0 N–H and O–H groups in total. The smallest absolute Gasteiger partial charge is 0.274 e. The Hall–Kier alpha value is -2.94. The number of nitrogens with zero attached hydrogens (tertiary/aromatic N) is 4. The average molecular weight is 310 g/mol. The van der Waals surface area contributed by atoms with E-state index < -0.39 is 0 Å². The Bertz CT molecular complexity index is 803. The molecule has 2 aromatic rings. The third-order valence-corrected chi connectivity index (χ3v) is 3.77. The lowest BCUT2D eigenvalue weighted by atomic mass is 10.0. The van der Waals surface area contributed by atoms with Crippen LogP contribution < -0.4 is 5.56 Å². The van der Waals surface area contributed by atoms with Crippen LogP contribution in [0.3, 0.4) is 0 Å². The van der Waals surface area contributed by atoms with Crippen LogP contribution in [-0.4, -0.2) is 27.1 Å². The molecule has 6 heteroatoms. The Morgan fingerprint density at radius 1 is 1.30 bits per heavy atom. The summed E-state index contributed by atoms with van der Waals surface area (Å²) in [4.78, 5) is 25.7. The first kappa shape index (κ1) is 16.4. The molecule has 1 aromatic carbocycles. The Kier molecular flexibility index (Phi) is 4.91. The molecule has 1 heterocycles. The average Bonchev–Trinajstić information content (AvgIpc) is 2.57. The van der Waals surface area contributed by atoms with Crippen LogP contribution >= 0.6 is 0 Å². The molecule has 1 amide bonds. The van der Waals surface area contributed by atoms with Crippen molar-refractivity contribution in [1.82, 2.24) is 14.7 Å². The standard InChI is InChI=1S/C17H18N4O2/c1-4-21(12(2)14-7-5-13(11-18)6-8-14)17(23)15-9-10-16(22)20(3)19-15/h5-10,12H,4H2,1-3H3. The number of carbonyl (C=O) groups is 1. The van der Waals surface area contributed by atoms with Gasteiger partial charge in [0.2, 0.25) is 0 Å². The van der Waals surface area contributed by atoms with Crippen LogP contribution in [0.1, 0.15) is 41.5 Å². The fourth-order valence-electron chi connectivity index (χ4n) is 2.37. The highest BCUT2D eigenvalue weighted by molar-refractivity contribution is 5.92. The molecule has 1 atom stereocenters. The van der Waals surface area contributed by atoms with Gasteiger partial charge >= 0.3 is 0 Å². The molecule has 0 aliphatic carbocycles. The molecule has 0 aliphatic rings. The van der Waals surface area contributed by atoms with Gasteiger partial charge in [-0.15, -0.1) is 0 Å². The van der Waals surface area contributed by atoms with Gasteiger partial charge in [0.15, 0.2) is 0 Å². The summed E-state index contributed by atoms with van der Waals surface area (Å²) in [6.07, 6.45) is 0. The molecule has 1 unspecified atom stereocenters. The van der Waals surface area contributed by atoms with Crippen molar-refractivity contribution in [1.29, 1.82) is 5.26 Å². The normalized spacial score (nSPS) is 11.6. The number of carbonyl (C=O) groups excluding carboxylic acids is 1. The minimum atomic E-state index is -0.260. The second-order valence-corrected chi connectivity index (χ2v) is 5.18. The van der Waals surface area contributed by atoms with Crippen molar-refractivity contribution >= 4 is 5.91 Å². The second kappa shape index (κ2) is 6.88. The first-order valence-electron chi connectivity index (χ1n) is 7.33. The lowest BCUT2D eigenvalue weighted by Gasteiger charge is -2.28. The van der Waals surface area contributed by atoms with E-state index in [1.54, 1.807) is 17.0 Å². The van der Waals surface area contributed by atoms with E-state index in [4.69, 9.17) is 5.26 Å². The van der Waals surface area contributed by atoms with Crippen molar-refractivity contribution in [2.45, 2.75) is 19.9 Å². The van der Waals surface area contributed by atoms with Crippen molar-refractivity contribution in [2.24, 2.45) is 7.05 Å². The Labute approximate surface area is 134 Å². The van der Waals surface area contributed by atoms with Gasteiger partial charge in [-0.05, 0) is 37.6 Å².